The first kappa shape index (κ1) is 19.6. The van der Waals surface area contributed by atoms with E-state index in [-0.39, 0.29) is 5.91 Å². The Bertz CT molecular complexity index is 952. The van der Waals surface area contributed by atoms with Crippen LogP contribution in [-0.2, 0) is 0 Å². The van der Waals surface area contributed by atoms with Crippen molar-refractivity contribution in [2.45, 2.75) is 12.8 Å². The summed E-state index contributed by atoms with van der Waals surface area (Å²) in [6, 6.07) is 11.2. The van der Waals surface area contributed by atoms with Gasteiger partial charge in [-0.1, -0.05) is 35.1 Å². The molecule has 3 heterocycles. The van der Waals surface area contributed by atoms with E-state index in [0.717, 1.165) is 37.5 Å². The number of pyridine rings is 1. The monoisotopic (exact) mass is 429 g/mol. The number of nitrogens with one attached hydrogen (secondary N) is 1. The van der Waals surface area contributed by atoms with Crippen molar-refractivity contribution in [2.24, 2.45) is 5.92 Å². The molecule has 150 valence electrons. The number of carbonyl (C=O) groups is 1. The van der Waals surface area contributed by atoms with Crippen molar-refractivity contribution in [1.29, 1.82) is 0 Å². The van der Waals surface area contributed by atoms with E-state index in [1.54, 1.807) is 17.8 Å². The van der Waals surface area contributed by atoms with Crippen molar-refractivity contribution in [3.05, 3.63) is 58.7 Å². The van der Waals surface area contributed by atoms with Crippen LogP contribution in [0.25, 0.3) is 0 Å². The predicted octanol–water partition coefficient (Wildman–Crippen LogP) is 4.13. The standard InChI is InChI=1S/C20H20ClN5O2S/c21-16-5-1-2-6-17(16)28-12-14-4-3-9-26(11-14)18-8-7-15(10-22-18)19(27)24-20-25-23-13-29-20/h1-2,5-8,10,13-14H,3-4,9,11-12H2,(H,24,25,27). The largest absolute Gasteiger partial charge is 0.492 e. The molecule has 1 amide bonds. The summed E-state index contributed by atoms with van der Waals surface area (Å²) in [4.78, 5) is 19.0. The van der Waals surface area contributed by atoms with Gasteiger partial charge in [0, 0.05) is 25.2 Å². The summed E-state index contributed by atoms with van der Waals surface area (Å²) in [7, 11) is 0. The molecule has 7 nitrogen and oxygen atoms in total. The number of hydrogen-bond acceptors (Lipinski definition) is 7. The highest BCUT2D eigenvalue weighted by atomic mass is 35.5. The maximum absolute atomic E-state index is 12.2. The van der Waals surface area contributed by atoms with Crippen molar-refractivity contribution in [2.75, 3.05) is 29.9 Å². The quantitative estimate of drug-likeness (QED) is 0.634. The Morgan fingerprint density at radius 3 is 2.97 bits per heavy atom. The van der Waals surface area contributed by atoms with E-state index in [4.69, 9.17) is 16.3 Å². The molecule has 1 fully saturated rings. The van der Waals surface area contributed by atoms with Crippen LogP contribution in [0.5, 0.6) is 5.75 Å². The van der Waals surface area contributed by atoms with Gasteiger partial charge in [0.2, 0.25) is 5.13 Å². The number of benzene rings is 1. The molecule has 1 aliphatic heterocycles. The van der Waals surface area contributed by atoms with Gasteiger partial charge in [0.25, 0.3) is 5.91 Å². The molecule has 1 unspecified atom stereocenters. The van der Waals surface area contributed by atoms with Crippen LogP contribution < -0.4 is 15.0 Å². The van der Waals surface area contributed by atoms with Crippen LogP contribution in [0.15, 0.2) is 48.1 Å². The highest BCUT2D eigenvalue weighted by molar-refractivity contribution is 7.13. The molecule has 0 spiro atoms. The van der Waals surface area contributed by atoms with Crippen molar-refractivity contribution in [1.82, 2.24) is 15.2 Å². The molecular weight excluding hydrogens is 410 g/mol. The number of halogens is 1. The lowest BCUT2D eigenvalue weighted by atomic mass is 9.99. The second-order valence-corrected chi connectivity index (χ2v) is 8.04. The van der Waals surface area contributed by atoms with Crippen LogP contribution in [-0.4, -0.2) is 40.8 Å². The fourth-order valence-corrected chi connectivity index (χ4v) is 3.91. The van der Waals surface area contributed by atoms with E-state index in [9.17, 15) is 4.79 Å². The minimum atomic E-state index is -0.245. The zero-order valence-corrected chi connectivity index (χ0v) is 17.2. The lowest BCUT2D eigenvalue weighted by Crippen LogP contribution is -2.38. The number of para-hydroxylation sites is 1. The van der Waals surface area contributed by atoms with Crippen LogP contribution in [0.3, 0.4) is 0 Å². The normalized spacial score (nSPS) is 16.4. The zero-order valence-electron chi connectivity index (χ0n) is 15.6. The Morgan fingerprint density at radius 1 is 1.31 bits per heavy atom. The first-order chi connectivity index (χ1) is 14.2. The highest BCUT2D eigenvalue weighted by Gasteiger charge is 2.22. The summed E-state index contributed by atoms with van der Waals surface area (Å²) in [5.74, 6) is 1.72. The Morgan fingerprint density at radius 2 is 2.21 bits per heavy atom. The van der Waals surface area contributed by atoms with E-state index in [0.29, 0.717) is 28.2 Å². The summed E-state index contributed by atoms with van der Waals surface area (Å²) in [5.41, 5.74) is 2.05. The zero-order chi connectivity index (χ0) is 20.1. The molecule has 3 aromatic rings. The summed E-state index contributed by atoms with van der Waals surface area (Å²) in [5, 5.41) is 11.3. The molecule has 0 radical (unpaired) electrons. The molecule has 0 bridgehead atoms. The van der Waals surface area contributed by atoms with Crippen molar-refractivity contribution in [3.63, 3.8) is 0 Å². The molecule has 2 aromatic heterocycles. The molecule has 1 saturated heterocycles. The molecule has 1 N–H and O–H groups in total. The third kappa shape index (κ3) is 5.02. The smallest absolute Gasteiger partial charge is 0.259 e. The predicted molar refractivity (Wildman–Crippen MR) is 114 cm³/mol. The topological polar surface area (TPSA) is 80.2 Å². The van der Waals surface area contributed by atoms with E-state index in [1.165, 1.54) is 11.3 Å². The van der Waals surface area contributed by atoms with E-state index in [1.807, 2.05) is 30.3 Å². The first-order valence-corrected chi connectivity index (χ1v) is 10.6. The van der Waals surface area contributed by atoms with Crippen molar-refractivity contribution >= 4 is 39.8 Å². The number of anilines is 2. The minimum absolute atomic E-state index is 0.245. The van der Waals surface area contributed by atoms with Gasteiger partial charge in [0.1, 0.15) is 17.1 Å². The van der Waals surface area contributed by atoms with Crippen LogP contribution in [0, 0.1) is 5.92 Å². The SMILES string of the molecule is O=C(Nc1nncs1)c1ccc(N2CCCC(COc3ccccc3Cl)C2)nc1. The fraction of sp³-hybridized carbons (Fsp3) is 0.300. The molecule has 1 aromatic carbocycles. The van der Waals surface area contributed by atoms with Gasteiger partial charge in [0.15, 0.2) is 0 Å². The summed E-state index contributed by atoms with van der Waals surface area (Å²) in [6.45, 7) is 2.41. The molecule has 1 atom stereocenters. The van der Waals surface area contributed by atoms with Crippen LogP contribution in [0.4, 0.5) is 10.9 Å². The number of piperidine rings is 1. The fourth-order valence-electron chi connectivity index (χ4n) is 3.28. The molecule has 9 heteroatoms. The van der Waals surface area contributed by atoms with E-state index in [2.05, 4.69) is 25.4 Å². The minimum Gasteiger partial charge on any atom is -0.492 e. The van der Waals surface area contributed by atoms with Gasteiger partial charge >= 0.3 is 0 Å². The summed E-state index contributed by atoms with van der Waals surface area (Å²) < 4.78 is 5.92. The van der Waals surface area contributed by atoms with Crippen LogP contribution in [0.2, 0.25) is 5.02 Å². The molecule has 0 aliphatic carbocycles. The first-order valence-electron chi connectivity index (χ1n) is 9.35. The molecule has 29 heavy (non-hydrogen) atoms. The van der Waals surface area contributed by atoms with Gasteiger partial charge in [0.05, 0.1) is 17.2 Å². The number of nitrogens with zero attached hydrogens (tertiary/aromatic N) is 4. The van der Waals surface area contributed by atoms with Crippen LogP contribution >= 0.6 is 22.9 Å². The van der Waals surface area contributed by atoms with Gasteiger partial charge in [-0.25, -0.2) is 4.98 Å². The Kier molecular flexibility index (Phi) is 6.21. The number of ether oxygens (including phenoxy) is 1. The molecular formula is C20H20ClN5O2S. The number of aromatic nitrogens is 3. The average Bonchev–Trinajstić information content (AvgIpc) is 3.26. The average molecular weight is 430 g/mol. The summed E-state index contributed by atoms with van der Waals surface area (Å²) in [6.07, 6.45) is 3.76. The third-order valence-electron chi connectivity index (χ3n) is 4.74. The van der Waals surface area contributed by atoms with Crippen molar-refractivity contribution in [3.8, 4) is 5.75 Å². The van der Waals surface area contributed by atoms with Gasteiger partial charge in [-0.15, -0.1) is 10.2 Å². The van der Waals surface area contributed by atoms with Gasteiger partial charge in [-0.3, -0.25) is 10.1 Å². The van der Waals surface area contributed by atoms with Gasteiger partial charge in [-0.2, -0.15) is 0 Å². The number of rotatable bonds is 6. The lowest BCUT2D eigenvalue weighted by molar-refractivity contribution is 0.102. The summed E-state index contributed by atoms with van der Waals surface area (Å²) >= 11 is 7.44. The maximum atomic E-state index is 12.2. The van der Waals surface area contributed by atoms with Crippen LogP contribution in [0.1, 0.15) is 23.2 Å². The highest BCUT2D eigenvalue weighted by Crippen LogP contribution is 2.26. The number of amides is 1. The second kappa shape index (κ2) is 9.19. The Labute approximate surface area is 177 Å². The van der Waals surface area contributed by atoms with E-state index >= 15 is 0 Å². The third-order valence-corrected chi connectivity index (χ3v) is 5.66. The van der Waals surface area contributed by atoms with E-state index < -0.39 is 0 Å². The van der Waals surface area contributed by atoms with Gasteiger partial charge < -0.3 is 9.64 Å². The Balaban J connectivity index is 1.34. The lowest BCUT2D eigenvalue weighted by Gasteiger charge is -2.33. The maximum Gasteiger partial charge on any atom is 0.259 e. The number of carbonyl (C=O) groups excluding carboxylic acids is 1. The second-order valence-electron chi connectivity index (χ2n) is 6.80. The molecule has 0 saturated carbocycles. The van der Waals surface area contributed by atoms with Crippen molar-refractivity contribution < 1.29 is 9.53 Å². The number of hydrogen-bond donors (Lipinski definition) is 1. The van der Waals surface area contributed by atoms with Gasteiger partial charge in [-0.05, 0) is 37.1 Å². The molecule has 4 rings (SSSR count). The molecule has 1 aliphatic rings. The Hall–Kier alpha value is -2.71.